The highest BCUT2D eigenvalue weighted by Crippen LogP contribution is 2.48. The minimum absolute atomic E-state index is 0.0434. The van der Waals surface area contributed by atoms with Crippen molar-refractivity contribution in [1.82, 2.24) is 19.6 Å². The molecule has 39 heavy (non-hydrogen) atoms. The Morgan fingerprint density at radius 1 is 1.26 bits per heavy atom. The Hall–Kier alpha value is -2.58. The summed E-state index contributed by atoms with van der Waals surface area (Å²) in [5, 5.41) is 15.8. The lowest BCUT2D eigenvalue weighted by molar-refractivity contribution is 0.00200. The summed E-state index contributed by atoms with van der Waals surface area (Å²) in [7, 11) is 0. The van der Waals surface area contributed by atoms with Gasteiger partial charge in [0.1, 0.15) is 17.2 Å². The molecule has 2 aromatic heterocycles. The van der Waals surface area contributed by atoms with Crippen LogP contribution in [0.3, 0.4) is 0 Å². The van der Waals surface area contributed by atoms with Gasteiger partial charge in [-0.1, -0.05) is 32.9 Å². The Balaban J connectivity index is 1.47. The van der Waals surface area contributed by atoms with Crippen molar-refractivity contribution in [2.75, 3.05) is 6.54 Å². The molecule has 1 aromatic carbocycles. The van der Waals surface area contributed by atoms with Crippen LogP contribution in [0.4, 0.5) is 4.39 Å². The summed E-state index contributed by atoms with van der Waals surface area (Å²) in [6.07, 6.45) is 2.63. The maximum absolute atomic E-state index is 14.5. The molecule has 1 saturated heterocycles. The topological polar surface area (TPSA) is 84.4 Å². The summed E-state index contributed by atoms with van der Waals surface area (Å²) in [6, 6.07) is -0.467. The van der Waals surface area contributed by atoms with Gasteiger partial charge in [0.15, 0.2) is 5.58 Å². The normalized spacial score (nSPS) is 26.9. The number of piperidine rings is 1. The number of aryl methyl sites for hydroxylation is 1. The third kappa shape index (κ3) is 4.53. The van der Waals surface area contributed by atoms with Gasteiger partial charge in [-0.15, -0.1) is 0 Å². The third-order valence-electron chi connectivity index (χ3n) is 9.60. The van der Waals surface area contributed by atoms with E-state index in [1.54, 1.807) is 18.4 Å². The molecule has 4 heterocycles. The van der Waals surface area contributed by atoms with Crippen LogP contribution in [0.25, 0.3) is 11.0 Å². The minimum Gasteiger partial charge on any atom is -0.382 e. The predicted molar refractivity (Wildman–Crippen MR) is 151 cm³/mol. The smallest absolute Gasteiger partial charge is 0.257 e. The van der Waals surface area contributed by atoms with Crippen LogP contribution in [-0.4, -0.2) is 43.3 Å². The Bertz CT molecular complexity index is 1560. The van der Waals surface area contributed by atoms with E-state index >= 15 is 0 Å². The van der Waals surface area contributed by atoms with Crippen LogP contribution in [0, 0.1) is 18.2 Å². The molecule has 212 valence electrons. The highest BCUT2D eigenvalue weighted by atomic mass is 19.1. The molecule has 2 aliphatic heterocycles. The second-order valence-electron chi connectivity index (χ2n) is 12.9. The van der Waals surface area contributed by atoms with Gasteiger partial charge in [-0.2, -0.15) is 0 Å². The average Bonchev–Trinajstić information content (AvgIpc) is 3.33. The molecule has 0 saturated carbocycles. The average molecular weight is 541 g/mol. The van der Waals surface area contributed by atoms with Gasteiger partial charge < -0.3 is 9.63 Å². The lowest BCUT2D eigenvalue weighted by atomic mass is 9.66. The van der Waals surface area contributed by atoms with E-state index in [1.165, 1.54) is 0 Å². The van der Waals surface area contributed by atoms with E-state index in [9.17, 15) is 14.3 Å². The molecule has 5 rings (SSSR count). The molecule has 2 aliphatic rings. The number of hydrogen-bond donors (Lipinski definition) is 1. The monoisotopic (exact) mass is 540 g/mol. The number of benzene rings is 1. The zero-order chi connectivity index (χ0) is 30.2. The van der Waals surface area contributed by atoms with Crippen molar-refractivity contribution in [3.63, 3.8) is 0 Å². The number of nitrogens with zero attached hydrogens (tertiary/aromatic N) is 4. The Morgan fingerprint density at radius 2 is 1.97 bits per heavy atom. The molecular weight excluding hydrogens is 495 g/mol. The van der Waals surface area contributed by atoms with E-state index in [0.29, 0.717) is 36.3 Å². The summed E-state index contributed by atoms with van der Waals surface area (Å²) in [4.78, 5) is 21.1. The van der Waals surface area contributed by atoms with Gasteiger partial charge in [0.25, 0.3) is 5.56 Å². The fourth-order valence-electron chi connectivity index (χ4n) is 6.89. The molecule has 0 radical (unpaired) electrons. The second-order valence-corrected chi connectivity index (χ2v) is 12.9. The number of likely N-dealkylation sites (tertiary alicyclic amines) is 1. The van der Waals surface area contributed by atoms with E-state index in [2.05, 4.69) is 37.8 Å². The van der Waals surface area contributed by atoms with Crippen LogP contribution in [-0.2, 0) is 18.6 Å². The molecule has 1 fully saturated rings. The molecule has 3 aromatic rings. The van der Waals surface area contributed by atoms with Gasteiger partial charge in [0.05, 0.1) is 14.1 Å². The van der Waals surface area contributed by atoms with Crippen molar-refractivity contribution < 1.29 is 16.8 Å². The van der Waals surface area contributed by atoms with E-state index in [-0.39, 0.29) is 52.1 Å². The van der Waals surface area contributed by atoms with Gasteiger partial charge in [-0.05, 0) is 83.3 Å². The third-order valence-corrected chi connectivity index (χ3v) is 9.60. The van der Waals surface area contributed by atoms with Crippen molar-refractivity contribution in [3.05, 3.63) is 56.6 Å². The quantitative estimate of drug-likeness (QED) is 0.441. The predicted octanol–water partition coefficient (Wildman–Crippen LogP) is 5.79. The molecule has 0 spiro atoms. The Morgan fingerprint density at radius 3 is 2.67 bits per heavy atom. The van der Waals surface area contributed by atoms with Crippen LogP contribution < -0.4 is 5.56 Å². The van der Waals surface area contributed by atoms with E-state index in [0.717, 1.165) is 30.6 Å². The zero-order valence-electron chi connectivity index (χ0n) is 26.5. The molecule has 0 bridgehead atoms. The first-order chi connectivity index (χ1) is 19.1. The van der Waals surface area contributed by atoms with E-state index in [1.807, 2.05) is 13.8 Å². The lowest BCUT2D eigenvalue weighted by Gasteiger charge is -2.51. The summed E-state index contributed by atoms with van der Waals surface area (Å²) in [5.74, 6) is -0.273. The fourth-order valence-corrected chi connectivity index (χ4v) is 6.89. The summed E-state index contributed by atoms with van der Waals surface area (Å²) < 4.78 is 38.3. The largest absolute Gasteiger partial charge is 0.382 e. The van der Waals surface area contributed by atoms with Crippen molar-refractivity contribution in [2.45, 2.75) is 117 Å². The number of halogens is 1. The molecule has 8 heteroatoms. The Kier molecular flexibility index (Phi) is 6.38. The minimum atomic E-state index is -1.11. The van der Waals surface area contributed by atoms with Crippen LogP contribution in [0.2, 0.25) is 0 Å². The van der Waals surface area contributed by atoms with Crippen LogP contribution in [0.1, 0.15) is 111 Å². The summed E-state index contributed by atoms with van der Waals surface area (Å²) >= 11 is 0. The molecule has 0 aliphatic carbocycles. The lowest BCUT2D eigenvalue weighted by Crippen LogP contribution is -2.55. The highest BCUT2D eigenvalue weighted by Gasteiger charge is 2.46. The first-order valence-electron chi connectivity index (χ1n) is 15.3. The van der Waals surface area contributed by atoms with Crippen LogP contribution >= 0.6 is 0 Å². The van der Waals surface area contributed by atoms with E-state index in [4.69, 9.17) is 12.2 Å². The molecule has 4 unspecified atom stereocenters. The standard InChI is InChI=1S/C31H43FN4O3/c1-17(2)25-22(28(37)36-14-9-13-31(8,38)29(36)33-25)16-18(3)35-15-12-23(30(6,7)20(35)5)26-21-10-11-24(32)19(4)27(21)39-34-26/h10-11,17-18,20,23,38H,9,12-16H2,1-8H3/i10D,11D. The first kappa shape index (κ1) is 25.4. The SMILES string of the molecule is [2H]c1c(F)c(C)c2onc(C3CCN(C(C)Cc4c(C(C)C)nc5n(c4=O)CCCC5(C)O)C(C)C3(C)C)c2c1[2H]. The van der Waals surface area contributed by atoms with Crippen molar-refractivity contribution >= 4 is 11.0 Å². The van der Waals surface area contributed by atoms with Gasteiger partial charge in [0.2, 0.25) is 0 Å². The molecule has 0 amide bonds. The van der Waals surface area contributed by atoms with Gasteiger partial charge in [0, 0.05) is 41.1 Å². The molecule has 4 atom stereocenters. The molecule has 1 N–H and O–H groups in total. The zero-order valence-corrected chi connectivity index (χ0v) is 24.5. The van der Waals surface area contributed by atoms with E-state index < -0.39 is 17.5 Å². The molecular formula is C31H43FN4O3. The number of aliphatic hydroxyl groups is 1. The summed E-state index contributed by atoms with van der Waals surface area (Å²) in [6.45, 7) is 17.4. The van der Waals surface area contributed by atoms with Crippen LogP contribution in [0.15, 0.2) is 21.4 Å². The number of hydrogen-bond acceptors (Lipinski definition) is 6. The van der Waals surface area contributed by atoms with Gasteiger partial charge in [-0.25, -0.2) is 9.37 Å². The number of fused-ring (bicyclic) bond motifs is 2. The van der Waals surface area contributed by atoms with Crippen molar-refractivity contribution in [2.24, 2.45) is 5.41 Å². The number of aromatic nitrogens is 3. The molecule has 7 nitrogen and oxygen atoms in total. The van der Waals surface area contributed by atoms with Crippen LogP contribution in [0.5, 0.6) is 0 Å². The fraction of sp³-hybridized carbons (Fsp3) is 0.645. The number of rotatable bonds is 5. The summed E-state index contributed by atoms with van der Waals surface area (Å²) in [5.41, 5.74) is 1.13. The second kappa shape index (κ2) is 9.81. The highest BCUT2D eigenvalue weighted by molar-refractivity contribution is 5.83. The maximum atomic E-state index is 14.5. The van der Waals surface area contributed by atoms with Gasteiger partial charge >= 0.3 is 0 Å². The van der Waals surface area contributed by atoms with Crippen molar-refractivity contribution in [1.29, 1.82) is 0 Å². The Labute approximate surface area is 233 Å². The van der Waals surface area contributed by atoms with Crippen molar-refractivity contribution in [3.8, 4) is 0 Å². The first-order valence-corrected chi connectivity index (χ1v) is 14.3. The maximum Gasteiger partial charge on any atom is 0.257 e. The van der Waals surface area contributed by atoms with Gasteiger partial charge in [-0.3, -0.25) is 14.3 Å².